The van der Waals surface area contributed by atoms with E-state index in [1.807, 2.05) is 13.8 Å². The summed E-state index contributed by atoms with van der Waals surface area (Å²) in [6, 6.07) is 4.48. The van der Waals surface area contributed by atoms with Crippen LogP contribution in [0.2, 0.25) is 10.0 Å². The first-order valence-electron chi connectivity index (χ1n) is 9.54. The summed E-state index contributed by atoms with van der Waals surface area (Å²) in [5, 5.41) is 3.70. The molecule has 0 radical (unpaired) electrons. The largest absolute Gasteiger partial charge is 0.355 e. The van der Waals surface area contributed by atoms with Crippen molar-refractivity contribution in [3.05, 3.63) is 73.3 Å². The molecule has 3 rings (SSSR count). The normalized spacial score (nSPS) is 21.1. The number of anilines is 2. The molecule has 2 atom stereocenters. The summed E-state index contributed by atoms with van der Waals surface area (Å²) in [5.41, 5.74) is -1.19. The Labute approximate surface area is 183 Å². The summed E-state index contributed by atoms with van der Waals surface area (Å²) in [5.74, 6) is -0.407. The summed E-state index contributed by atoms with van der Waals surface area (Å²) in [7, 11) is 0. The van der Waals surface area contributed by atoms with E-state index in [4.69, 9.17) is 23.2 Å². The van der Waals surface area contributed by atoms with Gasteiger partial charge in [0.1, 0.15) is 5.83 Å². The quantitative estimate of drug-likeness (QED) is 0.684. The van der Waals surface area contributed by atoms with Crippen molar-refractivity contribution in [2.75, 3.05) is 5.32 Å². The monoisotopic (exact) mass is 452 g/mol. The van der Waals surface area contributed by atoms with Gasteiger partial charge in [-0.05, 0) is 50.1 Å². The van der Waals surface area contributed by atoms with Crippen LogP contribution >= 0.6 is 23.2 Å². The molecule has 1 aliphatic carbocycles. The number of nitrogens with zero attached hydrogens (tertiary/aromatic N) is 3. The molecule has 1 aromatic heterocycles. The Morgan fingerprint density at radius 3 is 2.57 bits per heavy atom. The predicted octanol–water partition coefficient (Wildman–Crippen LogP) is 5.10. The van der Waals surface area contributed by atoms with E-state index in [0.29, 0.717) is 15.7 Å². The molecule has 1 heterocycles. The number of benzene rings is 1. The number of hydrogen-bond donors (Lipinski definition) is 1. The Balaban J connectivity index is 2.12. The van der Waals surface area contributed by atoms with Crippen molar-refractivity contribution < 1.29 is 4.39 Å². The molecule has 1 aliphatic rings. The molecule has 0 saturated carbocycles. The molecule has 0 spiro atoms. The first-order chi connectivity index (χ1) is 14.0. The van der Waals surface area contributed by atoms with Crippen LogP contribution in [0.15, 0.2) is 51.8 Å². The summed E-state index contributed by atoms with van der Waals surface area (Å²) in [4.78, 5) is 29.9. The Hall–Kier alpha value is -2.38. The average Bonchev–Trinajstić information content (AvgIpc) is 2.65. The van der Waals surface area contributed by atoms with Crippen LogP contribution in [-0.4, -0.2) is 14.1 Å². The van der Waals surface area contributed by atoms with E-state index in [0.717, 1.165) is 4.57 Å². The highest BCUT2D eigenvalue weighted by atomic mass is 35.5. The smallest absolute Gasteiger partial charge is 0.325 e. The van der Waals surface area contributed by atoms with Crippen LogP contribution in [0.5, 0.6) is 0 Å². The minimum absolute atomic E-state index is 0.0807. The van der Waals surface area contributed by atoms with E-state index in [9.17, 15) is 14.0 Å². The highest BCUT2D eigenvalue weighted by molar-refractivity contribution is 6.42. The van der Waals surface area contributed by atoms with Gasteiger partial charge in [0.25, 0.3) is 0 Å². The van der Waals surface area contributed by atoms with Crippen LogP contribution in [0.3, 0.4) is 0 Å². The lowest BCUT2D eigenvalue weighted by Crippen LogP contribution is -2.46. The van der Waals surface area contributed by atoms with Gasteiger partial charge in [0.05, 0.1) is 10.0 Å². The standard InChI is InChI=1S/C21H23Cl2FN4O2/c1-12(2)28-19(29)26-18(25-15-5-6-16(22)17(23)10-15)27(20(28)30)11-21(4)8-7-14(24)9-13(21)3/h5-10,12-13H,11H2,1-4H3,(H,25,26,29). The van der Waals surface area contributed by atoms with Crippen molar-refractivity contribution >= 4 is 34.8 Å². The first-order valence-corrected chi connectivity index (χ1v) is 10.3. The van der Waals surface area contributed by atoms with Crippen LogP contribution in [0.4, 0.5) is 16.0 Å². The number of allylic oxidation sites excluding steroid dienone is 4. The molecule has 1 aromatic carbocycles. The Morgan fingerprint density at radius 2 is 1.97 bits per heavy atom. The molecule has 2 unspecified atom stereocenters. The molecule has 6 nitrogen and oxygen atoms in total. The maximum Gasteiger partial charge on any atom is 0.355 e. The molecule has 1 N–H and O–H groups in total. The molecular formula is C21H23Cl2FN4O2. The molecule has 0 bridgehead atoms. The lowest BCUT2D eigenvalue weighted by molar-refractivity contribution is 0.261. The van der Waals surface area contributed by atoms with Gasteiger partial charge in [-0.25, -0.2) is 18.5 Å². The molecule has 2 aromatic rings. The van der Waals surface area contributed by atoms with Crippen LogP contribution in [0.25, 0.3) is 0 Å². The minimum atomic E-state index is -0.655. The lowest BCUT2D eigenvalue weighted by Gasteiger charge is -2.34. The van der Waals surface area contributed by atoms with Gasteiger partial charge < -0.3 is 5.32 Å². The molecule has 0 fully saturated rings. The van der Waals surface area contributed by atoms with Crippen molar-refractivity contribution in [1.82, 2.24) is 14.1 Å². The second-order valence-corrected chi connectivity index (χ2v) is 8.80. The van der Waals surface area contributed by atoms with Gasteiger partial charge in [-0.3, -0.25) is 4.57 Å². The van der Waals surface area contributed by atoms with Crippen molar-refractivity contribution in [2.45, 2.75) is 40.3 Å². The lowest BCUT2D eigenvalue weighted by atomic mass is 9.75. The average molecular weight is 453 g/mol. The number of hydrogen-bond acceptors (Lipinski definition) is 4. The molecule has 30 heavy (non-hydrogen) atoms. The van der Waals surface area contributed by atoms with E-state index in [1.54, 1.807) is 38.1 Å². The summed E-state index contributed by atoms with van der Waals surface area (Å²) in [6.45, 7) is 7.48. The van der Waals surface area contributed by atoms with Crippen LogP contribution in [-0.2, 0) is 6.54 Å². The third-order valence-electron chi connectivity index (χ3n) is 5.36. The van der Waals surface area contributed by atoms with E-state index in [2.05, 4.69) is 10.3 Å². The van der Waals surface area contributed by atoms with Crippen molar-refractivity contribution in [3.63, 3.8) is 0 Å². The maximum atomic E-state index is 13.7. The van der Waals surface area contributed by atoms with Gasteiger partial charge in [-0.2, -0.15) is 4.98 Å². The second-order valence-electron chi connectivity index (χ2n) is 7.98. The van der Waals surface area contributed by atoms with E-state index >= 15 is 0 Å². The number of nitrogens with one attached hydrogen (secondary N) is 1. The number of rotatable bonds is 5. The second kappa shape index (κ2) is 8.40. The van der Waals surface area contributed by atoms with Gasteiger partial charge in [0, 0.05) is 23.7 Å². The van der Waals surface area contributed by atoms with Crippen LogP contribution in [0, 0.1) is 11.3 Å². The van der Waals surface area contributed by atoms with Crippen LogP contribution < -0.4 is 16.7 Å². The van der Waals surface area contributed by atoms with Crippen LogP contribution in [0.1, 0.15) is 33.7 Å². The van der Waals surface area contributed by atoms with Crippen molar-refractivity contribution in [2.24, 2.45) is 11.3 Å². The Morgan fingerprint density at radius 1 is 1.27 bits per heavy atom. The zero-order valence-electron chi connectivity index (χ0n) is 17.1. The third-order valence-corrected chi connectivity index (χ3v) is 6.10. The van der Waals surface area contributed by atoms with Gasteiger partial charge in [-0.15, -0.1) is 0 Å². The summed E-state index contributed by atoms with van der Waals surface area (Å²) < 4.78 is 16.2. The zero-order valence-corrected chi connectivity index (χ0v) is 18.6. The molecule has 0 saturated heterocycles. The third kappa shape index (κ3) is 4.37. The fourth-order valence-corrected chi connectivity index (χ4v) is 3.63. The van der Waals surface area contributed by atoms with Gasteiger partial charge in [-0.1, -0.05) is 43.1 Å². The van der Waals surface area contributed by atoms with E-state index in [1.165, 1.54) is 16.7 Å². The Kier molecular flexibility index (Phi) is 6.24. The minimum Gasteiger partial charge on any atom is -0.325 e. The Bertz CT molecular complexity index is 1150. The maximum absolute atomic E-state index is 13.7. The highest BCUT2D eigenvalue weighted by Crippen LogP contribution is 2.37. The fraction of sp³-hybridized carbons (Fsp3) is 0.381. The van der Waals surface area contributed by atoms with E-state index < -0.39 is 16.8 Å². The predicted molar refractivity (Wildman–Crippen MR) is 118 cm³/mol. The molecule has 0 aliphatic heterocycles. The van der Waals surface area contributed by atoms with Gasteiger partial charge in [0.15, 0.2) is 0 Å². The fourth-order valence-electron chi connectivity index (χ4n) is 3.33. The molecule has 0 amide bonds. The summed E-state index contributed by atoms with van der Waals surface area (Å²) >= 11 is 12.1. The SMILES string of the molecule is CC(C)n1c(=O)nc(Nc2ccc(Cl)c(Cl)c2)n(CC2(C)C=CC(F)=CC2C)c1=O. The number of aromatic nitrogens is 3. The topological polar surface area (TPSA) is 68.9 Å². The molecule has 9 heteroatoms. The van der Waals surface area contributed by atoms with Crippen molar-refractivity contribution in [3.8, 4) is 0 Å². The van der Waals surface area contributed by atoms with Gasteiger partial charge >= 0.3 is 11.4 Å². The van der Waals surface area contributed by atoms with Gasteiger partial charge in [0.2, 0.25) is 5.95 Å². The molecule has 160 valence electrons. The highest BCUT2D eigenvalue weighted by Gasteiger charge is 2.32. The van der Waals surface area contributed by atoms with Crippen molar-refractivity contribution in [1.29, 1.82) is 0 Å². The first kappa shape index (κ1) is 22.3. The zero-order chi connectivity index (χ0) is 22.2. The molecular weight excluding hydrogens is 430 g/mol. The summed E-state index contributed by atoms with van der Waals surface area (Å²) in [6.07, 6.45) is 4.65. The van der Waals surface area contributed by atoms with E-state index in [-0.39, 0.29) is 30.3 Å². The number of halogens is 3.